The molecule has 2 nitrogen and oxygen atoms in total. The Balaban J connectivity index is 2.21. The Kier molecular flexibility index (Phi) is 3.59. The summed E-state index contributed by atoms with van der Waals surface area (Å²) in [6, 6.07) is 13.6. The SMILES string of the molecule is CC(c1cccc(Cl)c1)n1c(=S)[nH]c2ccc(Cl)cc21. The fourth-order valence-corrected chi connectivity index (χ4v) is 3.13. The van der Waals surface area contributed by atoms with Crippen molar-refractivity contribution in [2.45, 2.75) is 13.0 Å². The summed E-state index contributed by atoms with van der Waals surface area (Å²) in [7, 11) is 0. The van der Waals surface area contributed by atoms with Gasteiger partial charge in [-0.05, 0) is 55.0 Å². The van der Waals surface area contributed by atoms with Crippen LogP contribution in [0.2, 0.25) is 10.0 Å². The fraction of sp³-hybridized carbons (Fsp3) is 0.133. The van der Waals surface area contributed by atoms with Crippen molar-refractivity contribution in [1.29, 1.82) is 0 Å². The highest BCUT2D eigenvalue weighted by Gasteiger charge is 2.13. The average Bonchev–Trinajstić information content (AvgIpc) is 2.73. The van der Waals surface area contributed by atoms with Crippen LogP contribution in [0.25, 0.3) is 11.0 Å². The van der Waals surface area contributed by atoms with Gasteiger partial charge in [0, 0.05) is 10.0 Å². The number of nitrogens with one attached hydrogen (secondary N) is 1. The van der Waals surface area contributed by atoms with Crippen LogP contribution in [-0.4, -0.2) is 9.55 Å². The Hall–Kier alpha value is -1.29. The van der Waals surface area contributed by atoms with Crippen molar-refractivity contribution < 1.29 is 0 Å². The first kappa shape index (κ1) is 13.7. The summed E-state index contributed by atoms with van der Waals surface area (Å²) >= 11 is 17.6. The van der Waals surface area contributed by atoms with Crippen molar-refractivity contribution in [2.75, 3.05) is 0 Å². The van der Waals surface area contributed by atoms with Crippen molar-refractivity contribution in [1.82, 2.24) is 9.55 Å². The predicted molar refractivity (Wildman–Crippen MR) is 87.4 cm³/mol. The van der Waals surface area contributed by atoms with Crippen LogP contribution in [0.5, 0.6) is 0 Å². The second-order valence-corrected chi connectivity index (χ2v) is 5.95. The molecule has 3 rings (SSSR count). The van der Waals surface area contributed by atoms with E-state index in [2.05, 4.69) is 16.5 Å². The molecule has 102 valence electrons. The number of hydrogen-bond donors (Lipinski definition) is 1. The van der Waals surface area contributed by atoms with Crippen molar-refractivity contribution in [2.24, 2.45) is 0 Å². The largest absolute Gasteiger partial charge is 0.331 e. The molecular formula is C15H12Cl2N2S. The molecule has 0 aliphatic heterocycles. The molecule has 0 aliphatic rings. The van der Waals surface area contributed by atoms with Crippen LogP contribution in [0.4, 0.5) is 0 Å². The standard InChI is InChI=1S/C15H12Cl2N2S/c1-9(10-3-2-4-11(16)7-10)19-14-8-12(17)5-6-13(14)18-15(19)20/h2-9H,1H3,(H,18,20). The summed E-state index contributed by atoms with van der Waals surface area (Å²) in [5.74, 6) is 0. The first-order valence-corrected chi connectivity index (χ1v) is 7.38. The van der Waals surface area contributed by atoms with Gasteiger partial charge >= 0.3 is 0 Å². The molecule has 1 unspecified atom stereocenters. The van der Waals surface area contributed by atoms with E-state index >= 15 is 0 Å². The number of halogens is 2. The first-order chi connectivity index (χ1) is 9.56. The number of aromatic amines is 1. The lowest BCUT2D eigenvalue weighted by Crippen LogP contribution is -2.06. The van der Waals surface area contributed by atoms with Gasteiger partial charge in [-0.25, -0.2) is 0 Å². The first-order valence-electron chi connectivity index (χ1n) is 6.21. The molecule has 0 aliphatic carbocycles. The van der Waals surface area contributed by atoms with Crippen LogP contribution in [0.3, 0.4) is 0 Å². The molecular weight excluding hydrogens is 311 g/mol. The number of aromatic nitrogens is 2. The van der Waals surface area contributed by atoms with Gasteiger partial charge in [-0.3, -0.25) is 0 Å². The summed E-state index contributed by atoms with van der Waals surface area (Å²) in [6.07, 6.45) is 0. The molecule has 1 atom stereocenters. The van der Waals surface area contributed by atoms with Gasteiger partial charge in [0.05, 0.1) is 17.1 Å². The zero-order chi connectivity index (χ0) is 14.3. The number of H-pyrrole nitrogens is 1. The normalized spacial score (nSPS) is 12.8. The van der Waals surface area contributed by atoms with E-state index < -0.39 is 0 Å². The molecule has 0 radical (unpaired) electrons. The van der Waals surface area contributed by atoms with E-state index in [1.165, 1.54) is 0 Å². The molecule has 0 saturated carbocycles. The zero-order valence-corrected chi connectivity index (χ0v) is 13.1. The predicted octanol–water partition coefficient (Wildman–Crippen LogP) is 5.61. The summed E-state index contributed by atoms with van der Waals surface area (Å²) in [5.41, 5.74) is 3.08. The van der Waals surface area contributed by atoms with Crippen molar-refractivity contribution >= 4 is 46.5 Å². The number of imidazole rings is 1. The third kappa shape index (κ3) is 2.37. The van der Waals surface area contributed by atoms with E-state index in [1.807, 2.05) is 42.5 Å². The Morgan fingerprint density at radius 3 is 2.60 bits per heavy atom. The molecule has 1 heterocycles. The Labute approximate surface area is 132 Å². The summed E-state index contributed by atoms with van der Waals surface area (Å²) in [4.78, 5) is 3.21. The second kappa shape index (κ2) is 5.24. The molecule has 0 bridgehead atoms. The Morgan fingerprint density at radius 2 is 1.85 bits per heavy atom. The molecule has 1 N–H and O–H groups in total. The van der Waals surface area contributed by atoms with Crippen LogP contribution in [-0.2, 0) is 0 Å². The molecule has 1 aromatic heterocycles. The number of rotatable bonds is 2. The van der Waals surface area contributed by atoms with Crippen LogP contribution in [0, 0.1) is 4.77 Å². The van der Waals surface area contributed by atoms with Crippen LogP contribution in [0.15, 0.2) is 42.5 Å². The minimum atomic E-state index is 0.0772. The molecule has 0 fully saturated rings. The third-order valence-electron chi connectivity index (χ3n) is 3.40. The molecule has 0 spiro atoms. The maximum atomic E-state index is 6.09. The van der Waals surface area contributed by atoms with E-state index in [-0.39, 0.29) is 6.04 Å². The molecule has 0 saturated heterocycles. The molecule has 3 aromatic rings. The third-order valence-corrected chi connectivity index (χ3v) is 4.17. The van der Waals surface area contributed by atoms with Crippen molar-refractivity contribution in [3.8, 4) is 0 Å². The topological polar surface area (TPSA) is 20.7 Å². The second-order valence-electron chi connectivity index (χ2n) is 4.69. The lowest BCUT2D eigenvalue weighted by atomic mass is 10.1. The summed E-state index contributed by atoms with van der Waals surface area (Å²) in [6.45, 7) is 2.09. The summed E-state index contributed by atoms with van der Waals surface area (Å²) in [5, 5.41) is 1.41. The van der Waals surface area contributed by atoms with Crippen LogP contribution < -0.4 is 0 Å². The van der Waals surface area contributed by atoms with Gasteiger partial charge in [-0.1, -0.05) is 35.3 Å². The van der Waals surface area contributed by atoms with Gasteiger partial charge < -0.3 is 9.55 Å². The molecule has 20 heavy (non-hydrogen) atoms. The molecule has 2 aromatic carbocycles. The van der Waals surface area contributed by atoms with Gasteiger partial charge in [0.1, 0.15) is 0 Å². The van der Waals surface area contributed by atoms with Gasteiger partial charge in [0.25, 0.3) is 0 Å². The highest BCUT2D eigenvalue weighted by molar-refractivity contribution is 7.71. The molecule has 5 heteroatoms. The lowest BCUT2D eigenvalue weighted by molar-refractivity contribution is 0.649. The smallest absolute Gasteiger partial charge is 0.178 e. The highest BCUT2D eigenvalue weighted by atomic mass is 35.5. The van der Waals surface area contributed by atoms with E-state index in [0.717, 1.165) is 21.6 Å². The van der Waals surface area contributed by atoms with Gasteiger partial charge in [-0.2, -0.15) is 0 Å². The maximum absolute atomic E-state index is 6.09. The van der Waals surface area contributed by atoms with E-state index in [9.17, 15) is 0 Å². The van der Waals surface area contributed by atoms with Gasteiger partial charge in [0.2, 0.25) is 0 Å². The zero-order valence-electron chi connectivity index (χ0n) is 10.7. The quantitative estimate of drug-likeness (QED) is 0.607. The fourth-order valence-electron chi connectivity index (χ4n) is 2.39. The van der Waals surface area contributed by atoms with E-state index in [4.69, 9.17) is 35.4 Å². The number of fused-ring (bicyclic) bond motifs is 1. The van der Waals surface area contributed by atoms with Gasteiger partial charge in [0.15, 0.2) is 4.77 Å². The number of hydrogen-bond acceptors (Lipinski definition) is 1. The lowest BCUT2D eigenvalue weighted by Gasteiger charge is -2.15. The van der Waals surface area contributed by atoms with Gasteiger partial charge in [-0.15, -0.1) is 0 Å². The molecule has 0 amide bonds. The minimum Gasteiger partial charge on any atom is -0.331 e. The highest BCUT2D eigenvalue weighted by Crippen LogP contribution is 2.27. The van der Waals surface area contributed by atoms with Crippen LogP contribution >= 0.6 is 35.4 Å². The summed E-state index contributed by atoms with van der Waals surface area (Å²) < 4.78 is 2.73. The van der Waals surface area contributed by atoms with Crippen molar-refractivity contribution in [3.63, 3.8) is 0 Å². The van der Waals surface area contributed by atoms with Crippen molar-refractivity contribution in [3.05, 3.63) is 62.8 Å². The number of benzene rings is 2. The monoisotopic (exact) mass is 322 g/mol. The van der Waals surface area contributed by atoms with Crippen LogP contribution in [0.1, 0.15) is 18.5 Å². The van der Waals surface area contributed by atoms with E-state index in [1.54, 1.807) is 0 Å². The Bertz CT molecular complexity index is 835. The Morgan fingerprint density at radius 1 is 1.10 bits per heavy atom. The maximum Gasteiger partial charge on any atom is 0.178 e. The number of nitrogens with zero attached hydrogens (tertiary/aromatic N) is 1. The minimum absolute atomic E-state index is 0.0772. The average molecular weight is 323 g/mol. The van der Waals surface area contributed by atoms with E-state index in [0.29, 0.717) is 9.79 Å².